The molecule has 1 aromatic carbocycles. The first kappa shape index (κ1) is 13.3. The lowest BCUT2D eigenvalue weighted by molar-refractivity contribution is -0.325. The molecule has 0 saturated carbocycles. The van der Waals surface area contributed by atoms with Crippen LogP contribution in [0, 0.1) is 13.8 Å². The zero-order valence-electron chi connectivity index (χ0n) is 7.39. The molecule has 0 unspecified atom stereocenters. The summed E-state index contributed by atoms with van der Waals surface area (Å²) in [5.74, 6) is 0. The quantitative estimate of drug-likeness (QED) is 0.530. The molecule has 11 heavy (non-hydrogen) atoms. The van der Waals surface area contributed by atoms with E-state index in [0.717, 1.165) is 0 Å². The van der Waals surface area contributed by atoms with Crippen LogP contribution in [0.25, 0.3) is 0 Å². The van der Waals surface area contributed by atoms with E-state index in [1.165, 1.54) is 11.1 Å². The second kappa shape index (κ2) is 7.76. The number of aryl methyl sites for hydroxylation is 2. The van der Waals surface area contributed by atoms with Crippen LogP contribution in [0.2, 0.25) is 0 Å². The van der Waals surface area contributed by atoms with Crippen molar-refractivity contribution >= 4 is 0 Å². The highest BCUT2D eigenvalue weighted by Crippen LogP contribution is 2.02. The maximum absolute atomic E-state index is 3.25. The summed E-state index contributed by atoms with van der Waals surface area (Å²) in [5.41, 5.74) is 5.99. The Balaban J connectivity index is 0. The third kappa shape index (κ3) is 4.99. The van der Waals surface area contributed by atoms with Gasteiger partial charge in [-0.2, -0.15) is 0 Å². The highest BCUT2D eigenvalue weighted by Gasteiger charge is 1.83. The largest absolute Gasteiger partial charge is 1.00 e. The van der Waals surface area contributed by atoms with Gasteiger partial charge in [0.1, 0.15) is 0 Å². The van der Waals surface area contributed by atoms with Crippen molar-refractivity contribution in [3.05, 3.63) is 35.4 Å². The van der Waals surface area contributed by atoms with Gasteiger partial charge in [-0.15, -0.1) is 0 Å². The van der Waals surface area contributed by atoms with E-state index in [0.29, 0.717) is 0 Å². The molecule has 0 aliphatic rings. The standard InChI is InChI=1S/C8H10.CH5N.BrH/c1-7-5-3-4-6-8(7)2;1-2;/h3-6H,1-2H3;2H2,1H3;1H. The maximum Gasteiger partial charge on any atom is 0.0634 e. The smallest absolute Gasteiger partial charge is 0.0634 e. The first-order chi connectivity index (χ1) is 4.80. The minimum absolute atomic E-state index is 0. The van der Waals surface area contributed by atoms with Crippen LogP contribution in [-0.2, 0) is 0 Å². The van der Waals surface area contributed by atoms with E-state index in [2.05, 4.69) is 43.8 Å². The summed E-state index contributed by atoms with van der Waals surface area (Å²) in [7, 11) is 1.75. The second-order valence-electron chi connectivity index (χ2n) is 2.08. The Hall–Kier alpha value is -0.340. The van der Waals surface area contributed by atoms with E-state index in [9.17, 15) is 0 Å². The average molecular weight is 218 g/mol. The van der Waals surface area contributed by atoms with E-state index >= 15 is 0 Å². The van der Waals surface area contributed by atoms with Crippen molar-refractivity contribution in [2.45, 2.75) is 13.8 Å². The van der Waals surface area contributed by atoms with Gasteiger partial charge in [-0.25, -0.2) is 0 Å². The first-order valence-electron chi connectivity index (χ1n) is 3.53. The Labute approximate surface area is 79.4 Å². The Morgan fingerprint density at radius 3 is 1.36 bits per heavy atom. The predicted octanol–water partition coefficient (Wildman–Crippen LogP) is -1.83. The molecule has 3 N–H and O–H groups in total. The summed E-state index contributed by atoms with van der Waals surface area (Å²) in [5, 5.41) is 0. The minimum Gasteiger partial charge on any atom is -1.00 e. The normalized spacial score (nSPS) is 7.27. The van der Waals surface area contributed by atoms with Gasteiger partial charge in [0.25, 0.3) is 0 Å². The maximum atomic E-state index is 3.25. The van der Waals surface area contributed by atoms with E-state index in [1.807, 2.05) is 0 Å². The van der Waals surface area contributed by atoms with E-state index in [-0.39, 0.29) is 17.0 Å². The molecule has 0 aromatic heterocycles. The fourth-order valence-electron chi connectivity index (χ4n) is 0.663. The van der Waals surface area contributed by atoms with Crippen LogP contribution in [0.4, 0.5) is 0 Å². The van der Waals surface area contributed by atoms with Crippen LogP contribution in [0.1, 0.15) is 11.1 Å². The SMILES string of the molecule is C[NH3+].Cc1ccccc1C.[Br-]. The molecule has 0 radical (unpaired) electrons. The number of rotatable bonds is 0. The first-order valence-corrected chi connectivity index (χ1v) is 3.53. The summed E-state index contributed by atoms with van der Waals surface area (Å²) >= 11 is 0. The zero-order valence-corrected chi connectivity index (χ0v) is 8.98. The number of benzene rings is 1. The van der Waals surface area contributed by atoms with Crippen LogP contribution in [-0.4, -0.2) is 7.05 Å². The Morgan fingerprint density at radius 1 is 0.909 bits per heavy atom. The van der Waals surface area contributed by atoms with E-state index < -0.39 is 0 Å². The molecule has 1 nitrogen and oxygen atoms in total. The van der Waals surface area contributed by atoms with Gasteiger partial charge in [-0.05, 0) is 25.0 Å². The Bertz CT molecular complexity index is 166. The molecule has 1 rings (SSSR count). The monoisotopic (exact) mass is 217 g/mol. The molecule has 0 spiro atoms. The number of hydrogen-bond donors (Lipinski definition) is 1. The molecule has 64 valence electrons. The van der Waals surface area contributed by atoms with Crippen molar-refractivity contribution in [2.24, 2.45) is 0 Å². The molecule has 0 heterocycles. The summed E-state index contributed by atoms with van der Waals surface area (Å²) in [6, 6.07) is 8.36. The van der Waals surface area contributed by atoms with Gasteiger partial charge in [0.15, 0.2) is 0 Å². The van der Waals surface area contributed by atoms with Crippen molar-refractivity contribution in [3.63, 3.8) is 0 Å². The van der Waals surface area contributed by atoms with Crippen LogP contribution < -0.4 is 22.7 Å². The topological polar surface area (TPSA) is 27.6 Å². The van der Waals surface area contributed by atoms with Crippen molar-refractivity contribution in [2.75, 3.05) is 7.05 Å². The van der Waals surface area contributed by atoms with Crippen LogP contribution in [0.5, 0.6) is 0 Å². The molecule has 0 aliphatic heterocycles. The van der Waals surface area contributed by atoms with Gasteiger partial charge >= 0.3 is 0 Å². The highest BCUT2D eigenvalue weighted by molar-refractivity contribution is 5.23. The lowest BCUT2D eigenvalue weighted by Crippen LogP contribution is -3.00. The zero-order chi connectivity index (χ0) is 7.98. The molecular weight excluding hydrogens is 202 g/mol. The Morgan fingerprint density at radius 2 is 1.18 bits per heavy atom. The number of halogens is 1. The summed E-state index contributed by atoms with van der Waals surface area (Å²) in [6.45, 7) is 4.24. The van der Waals surface area contributed by atoms with Crippen LogP contribution in [0.15, 0.2) is 24.3 Å². The van der Waals surface area contributed by atoms with Crippen molar-refractivity contribution < 1.29 is 22.7 Å². The fourth-order valence-corrected chi connectivity index (χ4v) is 0.663. The molecule has 0 atom stereocenters. The van der Waals surface area contributed by atoms with Crippen molar-refractivity contribution in [1.82, 2.24) is 0 Å². The highest BCUT2D eigenvalue weighted by atomic mass is 79.9. The van der Waals surface area contributed by atoms with Gasteiger partial charge in [-0.3, -0.25) is 0 Å². The fraction of sp³-hybridized carbons (Fsp3) is 0.333. The molecule has 0 amide bonds. The average Bonchev–Trinajstić information content (AvgIpc) is 2.00. The molecule has 0 aliphatic carbocycles. The predicted molar refractivity (Wildman–Crippen MR) is 44.7 cm³/mol. The number of quaternary nitrogens is 1. The lowest BCUT2D eigenvalue weighted by atomic mass is 10.1. The van der Waals surface area contributed by atoms with Crippen LogP contribution >= 0.6 is 0 Å². The molecule has 0 bridgehead atoms. The van der Waals surface area contributed by atoms with Gasteiger partial charge in [0.2, 0.25) is 0 Å². The minimum atomic E-state index is 0. The lowest BCUT2D eigenvalue weighted by Gasteiger charge is -1.93. The summed E-state index contributed by atoms with van der Waals surface area (Å²) in [6.07, 6.45) is 0. The van der Waals surface area contributed by atoms with E-state index in [1.54, 1.807) is 7.05 Å². The third-order valence-corrected chi connectivity index (χ3v) is 1.43. The molecule has 0 fully saturated rings. The van der Waals surface area contributed by atoms with E-state index in [4.69, 9.17) is 0 Å². The van der Waals surface area contributed by atoms with Gasteiger partial charge in [0, 0.05) is 0 Å². The molecule has 2 heteroatoms. The summed E-state index contributed by atoms with van der Waals surface area (Å²) < 4.78 is 0. The third-order valence-electron chi connectivity index (χ3n) is 1.43. The van der Waals surface area contributed by atoms with Crippen LogP contribution in [0.3, 0.4) is 0 Å². The van der Waals surface area contributed by atoms with Gasteiger partial charge < -0.3 is 22.7 Å². The van der Waals surface area contributed by atoms with Crippen molar-refractivity contribution in [3.8, 4) is 0 Å². The van der Waals surface area contributed by atoms with Gasteiger partial charge in [-0.1, -0.05) is 24.3 Å². The Kier molecular flexibility index (Phi) is 9.36. The van der Waals surface area contributed by atoms with Gasteiger partial charge in [0.05, 0.1) is 7.05 Å². The molecule has 1 aromatic rings. The molecular formula is C9H16BrN. The second-order valence-corrected chi connectivity index (χ2v) is 2.08. The molecule has 0 saturated heterocycles. The summed E-state index contributed by atoms with van der Waals surface area (Å²) in [4.78, 5) is 0. The van der Waals surface area contributed by atoms with Crippen molar-refractivity contribution in [1.29, 1.82) is 0 Å². The number of hydrogen-bond acceptors (Lipinski definition) is 0.